The zero-order valence-corrected chi connectivity index (χ0v) is 17.9. The van der Waals surface area contributed by atoms with E-state index in [1.54, 1.807) is 50.4 Å². The van der Waals surface area contributed by atoms with E-state index in [0.29, 0.717) is 35.0 Å². The van der Waals surface area contributed by atoms with Crippen LogP contribution in [-0.2, 0) is 4.79 Å². The molecule has 3 rings (SSSR count). The standard InChI is InChI=1S/C21H19IN2O4/c1-4-28-18-12-14(11-17(22)19(18)27-3)10-16-13(2)23-24(21(16)26)20(25)15-8-6-5-7-9-15/h5-12H,4H2,1-3H3/b16-10+. The molecular weight excluding hydrogens is 471 g/mol. The van der Waals surface area contributed by atoms with Crippen LogP contribution in [0.5, 0.6) is 11.5 Å². The Morgan fingerprint density at radius 3 is 2.61 bits per heavy atom. The van der Waals surface area contributed by atoms with Crippen LogP contribution in [0.3, 0.4) is 0 Å². The molecule has 7 heteroatoms. The Bertz CT molecular complexity index is 983. The molecule has 2 amide bonds. The van der Waals surface area contributed by atoms with Crippen molar-refractivity contribution >= 4 is 46.2 Å². The Kier molecular flexibility index (Phi) is 6.13. The normalized spacial score (nSPS) is 15.0. The van der Waals surface area contributed by atoms with E-state index in [9.17, 15) is 9.59 Å². The molecule has 1 aliphatic heterocycles. The molecule has 0 atom stereocenters. The van der Waals surface area contributed by atoms with Crippen molar-refractivity contribution < 1.29 is 19.1 Å². The number of hydrogen-bond acceptors (Lipinski definition) is 5. The van der Waals surface area contributed by atoms with Crippen molar-refractivity contribution in [2.45, 2.75) is 13.8 Å². The van der Waals surface area contributed by atoms with Crippen LogP contribution in [0.25, 0.3) is 6.08 Å². The van der Waals surface area contributed by atoms with Crippen molar-refractivity contribution in [2.75, 3.05) is 13.7 Å². The zero-order valence-electron chi connectivity index (χ0n) is 15.7. The fourth-order valence-electron chi connectivity index (χ4n) is 2.82. The number of imide groups is 1. The number of benzene rings is 2. The first-order chi connectivity index (χ1) is 13.5. The van der Waals surface area contributed by atoms with E-state index in [1.807, 2.05) is 19.1 Å². The number of ether oxygens (including phenoxy) is 2. The zero-order chi connectivity index (χ0) is 20.3. The van der Waals surface area contributed by atoms with E-state index < -0.39 is 11.8 Å². The average Bonchev–Trinajstić information content (AvgIpc) is 2.96. The van der Waals surface area contributed by atoms with Gasteiger partial charge in [-0.2, -0.15) is 10.1 Å². The van der Waals surface area contributed by atoms with E-state index in [1.165, 1.54) is 0 Å². The number of carbonyl (C=O) groups is 2. The Morgan fingerprint density at radius 2 is 1.96 bits per heavy atom. The monoisotopic (exact) mass is 490 g/mol. The minimum atomic E-state index is -0.451. The third kappa shape index (κ3) is 3.94. The molecule has 0 unspecified atom stereocenters. The van der Waals surface area contributed by atoms with Gasteiger partial charge in [-0.1, -0.05) is 18.2 Å². The average molecular weight is 490 g/mol. The number of rotatable bonds is 5. The highest BCUT2D eigenvalue weighted by Gasteiger charge is 2.33. The summed E-state index contributed by atoms with van der Waals surface area (Å²) in [6.45, 7) is 4.09. The van der Waals surface area contributed by atoms with E-state index in [2.05, 4.69) is 27.7 Å². The van der Waals surface area contributed by atoms with Gasteiger partial charge < -0.3 is 9.47 Å². The first kappa shape index (κ1) is 20.1. The van der Waals surface area contributed by atoms with Crippen molar-refractivity contribution in [1.82, 2.24) is 5.01 Å². The van der Waals surface area contributed by atoms with E-state index >= 15 is 0 Å². The summed E-state index contributed by atoms with van der Waals surface area (Å²) >= 11 is 2.16. The highest BCUT2D eigenvalue weighted by molar-refractivity contribution is 14.1. The second-order valence-electron chi connectivity index (χ2n) is 6.00. The lowest BCUT2D eigenvalue weighted by Gasteiger charge is -2.12. The molecule has 0 radical (unpaired) electrons. The summed E-state index contributed by atoms with van der Waals surface area (Å²) in [4.78, 5) is 25.4. The maximum Gasteiger partial charge on any atom is 0.283 e. The quantitative estimate of drug-likeness (QED) is 0.359. The summed E-state index contributed by atoms with van der Waals surface area (Å²) in [6, 6.07) is 12.3. The van der Waals surface area contributed by atoms with Crippen molar-refractivity contribution in [2.24, 2.45) is 5.10 Å². The molecule has 2 aromatic rings. The van der Waals surface area contributed by atoms with Gasteiger partial charge in [-0.05, 0) is 72.3 Å². The molecule has 0 spiro atoms. The fourth-order valence-corrected chi connectivity index (χ4v) is 3.67. The largest absolute Gasteiger partial charge is 0.492 e. The van der Waals surface area contributed by atoms with Crippen LogP contribution in [0.2, 0.25) is 0 Å². The van der Waals surface area contributed by atoms with E-state index in [0.717, 1.165) is 14.1 Å². The van der Waals surface area contributed by atoms with Crippen molar-refractivity contribution in [3.8, 4) is 11.5 Å². The summed E-state index contributed by atoms with van der Waals surface area (Å²) in [5.41, 5.74) is 2.03. The topological polar surface area (TPSA) is 68.2 Å². The number of amides is 2. The minimum absolute atomic E-state index is 0.368. The molecule has 0 saturated heterocycles. The number of hydrogen-bond donors (Lipinski definition) is 0. The van der Waals surface area contributed by atoms with Crippen LogP contribution < -0.4 is 9.47 Å². The molecule has 0 saturated carbocycles. The highest BCUT2D eigenvalue weighted by Crippen LogP contribution is 2.35. The summed E-state index contributed by atoms with van der Waals surface area (Å²) in [5.74, 6) is 0.345. The lowest BCUT2D eigenvalue weighted by molar-refractivity contribution is -0.123. The Balaban J connectivity index is 1.94. The van der Waals surface area contributed by atoms with Crippen molar-refractivity contribution in [1.29, 1.82) is 0 Å². The maximum atomic E-state index is 12.8. The van der Waals surface area contributed by atoms with Crippen LogP contribution in [0.15, 0.2) is 53.1 Å². The smallest absolute Gasteiger partial charge is 0.283 e. The van der Waals surface area contributed by atoms with Gasteiger partial charge in [0.05, 0.1) is 28.6 Å². The van der Waals surface area contributed by atoms with Gasteiger partial charge in [0.25, 0.3) is 11.8 Å². The van der Waals surface area contributed by atoms with Crippen LogP contribution in [0.1, 0.15) is 29.8 Å². The van der Waals surface area contributed by atoms with Crippen LogP contribution in [0, 0.1) is 3.57 Å². The number of carbonyl (C=O) groups excluding carboxylic acids is 2. The molecule has 0 fully saturated rings. The third-order valence-corrected chi connectivity index (χ3v) is 4.92. The minimum Gasteiger partial charge on any atom is -0.492 e. The lowest BCUT2D eigenvalue weighted by atomic mass is 10.1. The van der Waals surface area contributed by atoms with Gasteiger partial charge in [-0.3, -0.25) is 9.59 Å². The number of methoxy groups -OCH3 is 1. The molecular formula is C21H19IN2O4. The van der Waals surface area contributed by atoms with Gasteiger partial charge >= 0.3 is 0 Å². The number of halogens is 1. The molecule has 0 aliphatic carbocycles. The Morgan fingerprint density at radius 1 is 1.25 bits per heavy atom. The second-order valence-corrected chi connectivity index (χ2v) is 7.16. The summed E-state index contributed by atoms with van der Waals surface area (Å²) < 4.78 is 11.9. The first-order valence-electron chi connectivity index (χ1n) is 8.67. The molecule has 6 nitrogen and oxygen atoms in total. The van der Waals surface area contributed by atoms with Gasteiger partial charge in [-0.25, -0.2) is 0 Å². The molecule has 28 heavy (non-hydrogen) atoms. The summed E-state index contributed by atoms with van der Waals surface area (Å²) in [6.07, 6.45) is 1.71. The lowest BCUT2D eigenvalue weighted by Crippen LogP contribution is -2.29. The number of hydrazone groups is 1. The maximum absolute atomic E-state index is 12.8. The van der Waals surface area contributed by atoms with Gasteiger partial charge in [0, 0.05) is 5.56 Å². The molecule has 0 N–H and O–H groups in total. The van der Waals surface area contributed by atoms with Crippen LogP contribution >= 0.6 is 22.6 Å². The molecule has 2 aromatic carbocycles. The van der Waals surface area contributed by atoms with E-state index in [4.69, 9.17) is 9.47 Å². The van der Waals surface area contributed by atoms with Crippen molar-refractivity contribution in [3.05, 3.63) is 62.7 Å². The van der Waals surface area contributed by atoms with Crippen LogP contribution in [-0.4, -0.2) is 36.3 Å². The van der Waals surface area contributed by atoms with Gasteiger partial charge in [0.15, 0.2) is 11.5 Å². The number of nitrogens with zero attached hydrogens (tertiary/aromatic N) is 2. The van der Waals surface area contributed by atoms with Crippen molar-refractivity contribution in [3.63, 3.8) is 0 Å². The fraction of sp³-hybridized carbons (Fsp3) is 0.190. The van der Waals surface area contributed by atoms with Gasteiger partial charge in [-0.15, -0.1) is 0 Å². The summed E-state index contributed by atoms with van der Waals surface area (Å²) in [5, 5.41) is 5.07. The van der Waals surface area contributed by atoms with Crippen LogP contribution in [0.4, 0.5) is 0 Å². The van der Waals surface area contributed by atoms with Gasteiger partial charge in [0.1, 0.15) is 0 Å². The summed E-state index contributed by atoms with van der Waals surface area (Å²) in [7, 11) is 1.59. The highest BCUT2D eigenvalue weighted by atomic mass is 127. The SMILES string of the molecule is CCOc1cc(/C=C2/C(=O)N(C(=O)c3ccccc3)N=C2C)cc(I)c1OC. The second kappa shape index (κ2) is 8.55. The first-order valence-corrected chi connectivity index (χ1v) is 9.75. The molecule has 1 aliphatic rings. The predicted octanol–water partition coefficient (Wildman–Crippen LogP) is 4.14. The van der Waals surface area contributed by atoms with E-state index in [-0.39, 0.29) is 0 Å². The Hall–Kier alpha value is -2.68. The molecule has 0 aromatic heterocycles. The predicted molar refractivity (Wildman–Crippen MR) is 116 cm³/mol. The third-order valence-electron chi connectivity index (χ3n) is 4.12. The molecule has 1 heterocycles. The molecule has 0 bridgehead atoms. The molecule has 144 valence electrons. The van der Waals surface area contributed by atoms with Gasteiger partial charge in [0.2, 0.25) is 0 Å². The Labute approximate surface area is 177 Å².